The second-order valence-electron chi connectivity index (χ2n) is 6.74. The molecular formula is C14H22N2O6. The minimum Gasteiger partial charge on any atom is -0.480 e. The lowest BCUT2D eigenvalue weighted by molar-refractivity contribution is -0.173. The van der Waals surface area contributed by atoms with Crippen molar-refractivity contribution in [1.29, 1.82) is 0 Å². The van der Waals surface area contributed by atoms with Gasteiger partial charge < -0.3 is 19.8 Å². The topological polar surface area (TPSA) is 107 Å². The van der Waals surface area contributed by atoms with Crippen LogP contribution in [0.5, 0.6) is 0 Å². The highest BCUT2D eigenvalue weighted by Gasteiger charge is 2.62. The van der Waals surface area contributed by atoms with Gasteiger partial charge in [-0.1, -0.05) is 0 Å². The molecule has 0 aromatic rings. The van der Waals surface area contributed by atoms with E-state index in [0.717, 1.165) is 4.90 Å². The highest BCUT2D eigenvalue weighted by Crippen LogP contribution is 2.40. The predicted octanol–water partition coefficient (Wildman–Crippen LogP) is 0.0438. The van der Waals surface area contributed by atoms with Crippen molar-refractivity contribution in [3.05, 3.63) is 0 Å². The minimum atomic E-state index is -1.26. The van der Waals surface area contributed by atoms with Gasteiger partial charge in [0.2, 0.25) is 0 Å². The molecule has 2 amide bonds. The van der Waals surface area contributed by atoms with Crippen LogP contribution in [0.4, 0.5) is 4.79 Å². The Morgan fingerprint density at radius 3 is 2.50 bits per heavy atom. The maximum absolute atomic E-state index is 12.5. The van der Waals surface area contributed by atoms with Crippen LogP contribution in [-0.4, -0.2) is 74.9 Å². The summed E-state index contributed by atoms with van der Waals surface area (Å²) in [6.45, 7) is 5.11. The number of likely N-dealkylation sites (tertiary alicyclic amines) is 2. The van der Waals surface area contributed by atoms with E-state index in [1.165, 1.54) is 4.90 Å². The molecule has 2 atom stereocenters. The summed E-state index contributed by atoms with van der Waals surface area (Å²) in [7, 11) is 0. The van der Waals surface area contributed by atoms with E-state index in [2.05, 4.69) is 0 Å². The molecule has 0 aromatic heterocycles. The number of amides is 2. The third kappa shape index (κ3) is 2.63. The molecule has 0 aliphatic carbocycles. The number of hydrogen-bond donors (Lipinski definition) is 2. The highest BCUT2D eigenvalue weighted by atomic mass is 16.6. The Morgan fingerprint density at radius 2 is 2.05 bits per heavy atom. The molecule has 22 heavy (non-hydrogen) atoms. The number of ether oxygens (including phenoxy) is 1. The van der Waals surface area contributed by atoms with Crippen LogP contribution in [-0.2, 0) is 14.3 Å². The Morgan fingerprint density at radius 1 is 1.41 bits per heavy atom. The van der Waals surface area contributed by atoms with Gasteiger partial charge in [0.25, 0.3) is 5.91 Å². The Balaban J connectivity index is 2.13. The molecule has 1 spiro atoms. The van der Waals surface area contributed by atoms with E-state index in [1.807, 2.05) is 0 Å². The van der Waals surface area contributed by atoms with E-state index in [1.54, 1.807) is 20.8 Å². The molecule has 2 aliphatic rings. The van der Waals surface area contributed by atoms with Crippen LogP contribution < -0.4 is 0 Å². The minimum absolute atomic E-state index is 0.114. The van der Waals surface area contributed by atoms with Crippen LogP contribution in [0.3, 0.4) is 0 Å². The van der Waals surface area contributed by atoms with E-state index in [9.17, 15) is 14.4 Å². The molecule has 2 aliphatic heterocycles. The average molecular weight is 314 g/mol. The third-order valence-corrected chi connectivity index (χ3v) is 4.03. The van der Waals surface area contributed by atoms with Gasteiger partial charge in [-0.2, -0.15) is 0 Å². The molecule has 2 N–H and O–H groups in total. The third-order valence-electron chi connectivity index (χ3n) is 4.03. The number of carboxylic acids is 1. The average Bonchev–Trinajstić information content (AvgIpc) is 2.83. The Labute approximate surface area is 128 Å². The number of aliphatic hydroxyl groups excluding tert-OH is 1. The zero-order valence-electron chi connectivity index (χ0n) is 13.0. The van der Waals surface area contributed by atoms with E-state index >= 15 is 0 Å². The molecule has 0 aromatic carbocycles. The summed E-state index contributed by atoms with van der Waals surface area (Å²) >= 11 is 0. The molecule has 0 bridgehead atoms. The summed E-state index contributed by atoms with van der Waals surface area (Å²) in [4.78, 5) is 38.3. The monoisotopic (exact) mass is 314 g/mol. The van der Waals surface area contributed by atoms with Crippen LogP contribution in [0.25, 0.3) is 0 Å². The number of carboxylic acid groups (broad SMARTS) is 1. The Bertz CT molecular complexity index is 500. The lowest BCUT2D eigenvalue weighted by Crippen LogP contribution is -2.76. The van der Waals surface area contributed by atoms with Gasteiger partial charge in [-0.05, 0) is 33.6 Å². The van der Waals surface area contributed by atoms with E-state index in [-0.39, 0.29) is 6.54 Å². The molecule has 0 saturated carbocycles. The van der Waals surface area contributed by atoms with Gasteiger partial charge in [0.15, 0.2) is 6.04 Å². The maximum Gasteiger partial charge on any atom is 0.411 e. The molecule has 2 saturated heterocycles. The van der Waals surface area contributed by atoms with Crippen LogP contribution >= 0.6 is 0 Å². The van der Waals surface area contributed by atoms with Gasteiger partial charge in [0.1, 0.15) is 11.1 Å². The Hall–Kier alpha value is -1.83. The van der Waals surface area contributed by atoms with E-state index < -0.39 is 41.8 Å². The van der Waals surface area contributed by atoms with Gasteiger partial charge in [0, 0.05) is 6.54 Å². The van der Waals surface area contributed by atoms with Crippen molar-refractivity contribution in [3.63, 3.8) is 0 Å². The second-order valence-corrected chi connectivity index (χ2v) is 6.74. The normalized spacial score (nSPS) is 26.1. The van der Waals surface area contributed by atoms with Gasteiger partial charge in [0.05, 0.1) is 13.2 Å². The first-order valence-electron chi connectivity index (χ1n) is 7.28. The van der Waals surface area contributed by atoms with Crippen LogP contribution in [0.1, 0.15) is 33.6 Å². The number of carbonyl (C=O) groups excluding carboxylic acids is 2. The second kappa shape index (κ2) is 5.42. The molecule has 8 heteroatoms. The van der Waals surface area contributed by atoms with Crippen molar-refractivity contribution in [1.82, 2.24) is 9.80 Å². The fourth-order valence-corrected chi connectivity index (χ4v) is 3.01. The largest absolute Gasteiger partial charge is 0.480 e. The fourth-order valence-electron chi connectivity index (χ4n) is 3.01. The van der Waals surface area contributed by atoms with Crippen molar-refractivity contribution >= 4 is 18.0 Å². The van der Waals surface area contributed by atoms with Gasteiger partial charge in [-0.3, -0.25) is 9.69 Å². The summed E-state index contributed by atoms with van der Waals surface area (Å²) in [5, 5.41) is 18.2. The van der Waals surface area contributed by atoms with Crippen LogP contribution in [0.15, 0.2) is 0 Å². The van der Waals surface area contributed by atoms with E-state index in [4.69, 9.17) is 14.9 Å². The highest BCUT2D eigenvalue weighted by molar-refractivity contribution is 5.98. The zero-order chi connectivity index (χ0) is 16.7. The SMILES string of the molecule is CC(C)(C)OC(=O)N1CCCC12CN(C(CO)C(=O)O)C2=O. The van der Waals surface area contributed by atoms with Gasteiger partial charge in [-0.25, -0.2) is 9.59 Å². The lowest BCUT2D eigenvalue weighted by atomic mass is 9.84. The summed E-state index contributed by atoms with van der Waals surface area (Å²) in [5.74, 6) is -1.69. The first kappa shape index (κ1) is 16.5. The molecule has 8 nitrogen and oxygen atoms in total. The zero-order valence-corrected chi connectivity index (χ0v) is 13.0. The van der Waals surface area contributed by atoms with Crippen LogP contribution in [0.2, 0.25) is 0 Å². The number of aliphatic hydroxyl groups is 1. The molecule has 2 unspecified atom stereocenters. The number of aliphatic carboxylic acids is 1. The smallest absolute Gasteiger partial charge is 0.411 e. The first-order chi connectivity index (χ1) is 10.1. The molecule has 0 radical (unpaired) electrons. The van der Waals surface area contributed by atoms with Gasteiger partial charge in [-0.15, -0.1) is 0 Å². The molecular weight excluding hydrogens is 292 g/mol. The fraction of sp³-hybridized carbons (Fsp3) is 0.786. The van der Waals surface area contributed by atoms with Crippen molar-refractivity contribution in [3.8, 4) is 0 Å². The van der Waals surface area contributed by atoms with Crippen molar-refractivity contribution in [2.75, 3.05) is 19.7 Å². The van der Waals surface area contributed by atoms with E-state index in [0.29, 0.717) is 19.4 Å². The summed E-state index contributed by atoms with van der Waals surface area (Å²) < 4.78 is 5.32. The van der Waals surface area contributed by atoms with Gasteiger partial charge >= 0.3 is 12.1 Å². The summed E-state index contributed by atoms with van der Waals surface area (Å²) in [6.07, 6.45) is 0.587. The number of hydrogen-bond acceptors (Lipinski definition) is 5. The lowest BCUT2D eigenvalue weighted by Gasteiger charge is -2.52. The van der Waals surface area contributed by atoms with Crippen molar-refractivity contribution < 1.29 is 29.3 Å². The molecule has 2 heterocycles. The van der Waals surface area contributed by atoms with Crippen molar-refractivity contribution in [2.24, 2.45) is 0 Å². The number of rotatable bonds is 3. The maximum atomic E-state index is 12.5. The Kier molecular flexibility index (Phi) is 4.08. The number of nitrogens with zero attached hydrogens (tertiary/aromatic N) is 2. The quantitative estimate of drug-likeness (QED) is 0.712. The molecule has 124 valence electrons. The van der Waals surface area contributed by atoms with Crippen molar-refractivity contribution in [2.45, 2.75) is 50.8 Å². The number of β-lactam (4-membered cyclic amide) rings is 1. The van der Waals surface area contributed by atoms with Crippen LogP contribution in [0, 0.1) is 0 Å². The standard InChI is InChI=1S/C14H22N2O6/c1-13(2,3)22-12(21)16-6-4-5-14(16)8-15(11(14)20)9(7-17)10(18)19/h9,17H,4-8H2,1-3H3,(H,18,19). The molecule has 2 rings (SSSR count). The molecule has 2 fully saturated rings. The summed E-state index contributed by atoms with van der Waals surface area (Å²) in [5.41, 5.74) is -1.67. The predicted molar refractivity (Wildman–Crippen MR) is 75.1 cm³/mol. The first-order valence-corrected chi connectivity index (χ1v) is 7.28. The summed E-state index contributed by atoms with van der Waals surface area (Å²) in [6, 6.07) is -1.26. The number of carbonyl (C=O) groups is 3.